The van der Waals surface area contributed by atoms with Crippen LogP contribution in [0.15, 0.2) is 28.9 Å². The van der Waals surface area contributed by atoms with Gasteiger partial charge in [0.15, 0.2) is 0 Å². The van der Waals surface area contributed by atoms with Gasteiger partial charge in [-0.25, -0.2) is 4.98 Å². The largest absolute Gasteiger partial charge is 0.444 e. The van der Waals surface area contributed by atoms with Gasteiger partial charge in [-0.3, -0.25) is 10.1 Å². The van der Waals surface area contributed by atoms with Gasteiger partial charge in [-0.05, 0) is 12.5 Å². The van der Waals surface area contributed by atoms with Crippen molar-refractivity contribution in [3.05, 3.63) is 45.8 Å². The number of benzene rings is 1. The van der Waals surface area contributed by atoms with Gasteiger partial charge in [-0.2, -0.15) is 0 Å². The molecule has 0 aliphatic rings. The maximum Gasteiger partial charge on any atom is 0.282 e. The van der Waals surface area contributed by atoms with Crippen molar-refractivity contribution in [1.82, 2.24) is 4.98 Å². The summed E-state index contributed by atoms with van der Waals surface area (Å²) in [5.41, 5.74) is 7.11. The lowest BCUT2D eigenvalue weighted by molar-refractivity contribution is -0.384. The Balaban J connectivity index is 2.61. The molecule has 1 aromatic carbocycles. The van der Waals surface area contributed by atoms with E-state index in [1.807, 2.05) is 0 Å². The van der Waals surface area contributed by atoms with Crippen molar-refractivity contribution in [2.24, 2.45) is 5.73 Å². The number of nitro benzene ring substituents is 1. The van der Waals surface area contributed by atoms with E-state index in [2.05, 4.69) is 4.98 Å². The molecule has 6 heteroatoms. The Hall–Kier alpha value is -2.21. The highest BCUT2D eigenvalue weighted by atomic mass is 16.6. The number of hydrogen-bond acceptors (Lipinski definition) is 5. The van der Waals surface area contributed by atoms with Crippen LogP contribution in [0.25, 0.3) is 11.5 Å². The van der Waals surface area contributed by atoms with Crippen molar-refractivity contribution in [2.45, 2.75) is 13.5 Å². The highest BCUT2D eigenvalue weighted by Crippen LogP contribution is 2.32. The lowest BCUT2D eigenvalue weighted by Crippen LogP contribution is -1.97. The molecule has 1 aromatic heterocycles. The first-order chi connectivity index (χ1) is 8.13. The summed E-state index contributed by atoms with van der Waals surface area (Å²) in [6, 6.07) is 4.83. The van der Waals surface area contributed by atoms with Gasteiger partial charge in [-0.1, -0.05) is 12.1 Å². The van der Waals surface area contributed by atoms with Gasteiger partial charge in [0, 0.05) is 12.6 Å². The number of nitrogens with zero attached hydrogens (tertiary/aromatic N) is 2. The van der Waals surface area contributed by atoms with E-state index in [-0.39, 0.29) is 18.1 Å². The van der Waals surface area contributed by atoms with Gasteiger partial charge < -0.3 is 10.2 Å². The molecule has 0 aliphatic carbocycles. The van der Waals surface area contributed by atoms with Crippen molar-refractivity contribution in [1.29, 1.82) is 0 Å². The minimum absolute atomic E-state index is 0.0181. The number of hydrogen-bond donors (Lipinski definition) is 1. The van der Waals surface area contributed by atoms with E-state index in [4.69, 9.17) is 10.2 Å². The standard InChI is InChI=1S/C11H11N3O3/c1-7-3-2-4-9(14(15)16)10(7)11-13-8(5-12)6-17-11/h2-4,6H,5,12H2,1H3. The van der Waals surface area contributed by atoms with E-state index in [0.29, 0.717) is 11.3 Å². The Morgan fingerprint density at radius 3 is 2.88 bits per heavy atom. The zero-order valence-electron chi connectivity index (χ0n) is 9.21. The van der Waals surface area contributed by atoms with E-state index < -0.39 is 4.92 Å². The highest BCUT2D eigenvalue weighted by Gasteiger charge is 2.21. The molecule has 0 spiro atoms. The molecule has 2 rings (SSSR count). The first kappa shape index (κ1) is 11.3. The summed E-state index contributed by atoms with van der Waals surface area (Å²) in [4.78, 5) is 14.6. The maximum absolute atomic E-state index is 10.9. The average molecular weight is 233 g/mol. The van der Waals surface area contributed by atoms with Crippen molar-refractivity contribution in [2.75, 3.05) is 0 Å². The molecule has 0 saturated carbocycles. The fraction of sp³-hybridized carbons (Fsp3) is 0.182. The van der Waals surface area contributed by atoms with E-state index in [1.54, 1.807) is 19.1 Å². The van der Waals surface area contributed by atoms with Crippen molar-refractivity contribution in [3.8, 4) is 11.5 Å². The molecule has 2 aromatic rings. The van der Waals surface area contributed by atoms with Crippen LogP contribution in [0, 0.1) is 17.0 Å². The number of aromatic nitrogens is 1. The summed E-state index contributed by atoms with van der Waals surface area (Å²) in [5.74, 6) is 0.232. The summed E-state index contributed by atoms with van der Waals surface area (Å²) in [6.45, 7) is 2.01. The second-order valence-electron chi connectivity index (χ2n) is 3.57. The number of nitro groups is 1. The van der Waals surface area contributed by atoms with Crippen LogP contribution in [0.5, 0.6) is 0 Å². The van der Waals surface area contributed by atoms with Crippen LogP contribution >= 0.6 is 0 Å². The molecular formula is C11H11N3O3. The molecule has 0 amide bonds. The van der Waals surface area contributed by atoms with Gasteiger partial charge in [-0.15, -0.1) is 0 Å². The van der Waals surface area contributed by atoms with Crippen LogP contribution in [0.2, 0.25) is 0 Å². The molecule has 0 radical (unpaired) electrons. The number of oxazole rings is 1. The SMILES string of the molecule is Cc1cccc([N+](=O)[O-])c1-c1nc(CN)co1. The summed E-state index contributed by atoms with van der Waals surface area (Å²) in [5, 5.41) is 10.9. The summed E-state index contributed by atoms with van der Waals surface area (Å²) in [6.07, 6.45) is 1.41. The quantitative estimate of drug-likeness (QED) is 0.646. The maximum atomic E-state index is 10.9. The number of nitrogens with two attached hydrogens (primary N) is 1. The molecule has 1 heterocycles. The molecule has 17 heavy (non-hydrogen) atoms. The van der Waals surface area contributed by atoms with E-state index in [9.17, 15) is 10.1 Å². The summed E-state index contributed by atoms with van der Waals surface area (Å²) < 4.78 is 5.22. The van der Waals surface area contributed by atoms with Crippen molar-refractivity contribution in [3.63, 3.8) is 0 Å². The second kappa shape index (κ2) is 4.34. The Kier molecular flexibility index (Phi) is 2.88. The monoisotopic (exact) mass is 233 g/mol. The molecule has 2 N–H and O–H groups in total. The average Bonchev–Trinajstić information content (AvgIpc) is 2.76. The van der Waals surface area contributed by atoms with Gasteiger partial charge >= 0.3 is 0 Å². The molecule has 0 aliphatic heterocycles. The minimum Gasteiger partial charge on any atom is -0.444 e. The second-order valence-corrected chi connectivity index (χ2v) is 3.57. The Morgan fingerprint density at radius 1 is 1.53 bits per heavy atom. The summed E-state index contributed by atoms with van der Waals surface area (Å²) >= 11 is 0. The van der Waals surface area contributed by atoms with Crippen molar-refractivity contribution >= 4 is 5.69 Å². The predicted octanol–water partition coefficient (Wildman–Crippen LogP) is 2.02. The molecule has 0 atom stereocenters. The van der Waals surface area contributed by atoms with E-state index in [0.717, 1.165) is 5.56 Å². The van der Waals surface area contributed by atoms with Crippen LogP contribution in [0.4, 0.5) is 5.69 Å². The third-order valence-corrected chi connectivity index (χ3v) is 2.42. The van der Waals surface area contributed by atoms with Gasteiger partial charge in [0.05, 0.1) is 10.6 Å². The normalized spacial score (nSPS) is 10.5. The Labute approximate surface area is 97.2 Å². The molecular weight excluding hydrogens is 222 g/mol. The van der Waals surface area contributed by atoms with E-state index >= 15 is 0 Å². The highest BCUT2D eigenvalue weighted by molar-refractivity contribution is 5.70. The van der Waals surface area contributed by atoms with Gasteiger partial charge in [0.25, 0.3) is 5.69 Å². The van der Waals surface area contributed by atoms with Gasteiger partial charge in [0.2, 0.25) is 5.89 Å². The van der Waals surface area contributed by atoms with Crippen LogP contribution in [0.3, 0.4) is 0 Å². The Bertz CT molecular complexity index is 563. The van der Waals surface area contributed by atoms with Crippen LogP contribution < -0.4 is 5.73 Å². The molecule has 0 saturated heterocycles. The topological polar surface area (TPSA) is 95.2 Å². The minimum atomic E-state index is -0.450. The molecule has 6 nitrogen and oxygen atoms in total. The lowest BCUT2D eigenvalue weighted by atomic mass is 10.1. The third-order valence-electron chi connectivity index (χ3n) is 2.42. The Morgan fingerprint density at radius 2 is 2.29 bits per heavy atom. The molecule has 88 valence electrons. The molecule has 0 bridgehead atoms. The predicted molar refractivity (Wildman–Crippen MR) is 61.2 cm³/mol. The zero-order valence-corrected chi connectivity index (χ0v) is 9.21. The first-order valence-electron chi connectivity index (χ1n) is 5.02. The van der Waals surface area contributed by atoms with Crippen LogP contribution in [-0.2, 0) is 6.54 Å². The molecule has 0 fully saturated rings. The molecule has 0 unspecified atom stereocenters. The van der Waals surface area contributed by atoms with E-state index in [1.165, 1.54) is 12.3 Å². The summed E-state index contributed by atoms with van der Waals surface area (Å²) in [7, 11) is 0. The fourth-order valence-corrected chi connectivity index (χ4v) is 1.60. The van der Waals surface area contributed by atoms with Gasteiger partial charge in [0.1, 0.15) is 11.8 Å². The zero-order chi connectivity index (χ0) is 12.4. The third kappa shape index (κ3) is 2.02. The van der Waals surface area contributed by atoms with Crippen LogP contribution in [0.1, 0.15) is 11.3 Å². The van der Waals surface area contributed by atoms with Crippen LogP contribution in [-0.4, -0.2) is 9.91 Å². The van der Waals surface area contributed by atoms with Crippen molar-refractivity contribution < 1.29 is 9.34 Å². The number of rotatable bonds is 3. The number of aryl methyl sites for hydroxylation is 1. The first-order valence-corrected chi connectivity index (χ1v) is 5.02. The lowest BCUT2D eigenvalue weighted by Gasteiger charge is -2.01. The smallest absolute Gasteiger partial charge is 0.282 e. The fourth-order valence-electron chi connectivity index (χ4n) is 1.60.